The molecule has 2 bridgehead atoms. The average molecular weight is 279 g/mol. The molecule has 0 saturated carbocycles. The van der Waals surface area contributed by atoms with Crippen molar-refractivity contribution in [2.45, 2.75) is 31.3 Å². The second-order valence-electron chi connectivity index (χ2n) is 5.66. The quantitative estimate of drug-likeness (QED) is 0.529. The Kier molecular flexibility index (Phi) is 2.50. The van der Waals surface area contributed by atoms with E-state index in [-0.39, 0.29) is 18.0 Å². The van der Waals surface area contributed by atoms with Gasteiger partial charge in [-0.25, -0.2) is 0 Å². The summed E-state index contributed by atoms with van der Waals surface area (Å²) >= 11 is 0. The van der Waals surface area contributed by atoms with Crippen molar-refractivity contribution in [1.29, 1.82) is 0 Å². The zero-order chi connectivity index (χ0) is 13.9. The lowest BCUT2D eigenvalue weighted by Gasteiger charge is -2.36. The molecule has 0 aromatic heterocycles. The SMILES string of the molecule is CCOC(=O)[C@@H]1[C@H]2C(=O)N3CCCO[C@@H]3[C@]23C=C[C@H]1O3. The standard InChI is InChI=1S/C14H17NO5/c1-2-18-12(17)9-8-4-5-14(20-8)10(9)11(16)15-6-3-7-19-13(14)15/h4-5,8-10,13H,2-3,6-7H2,1H3/t8-,9+,10+,13-,14+/m1/s1. The third-order valence-electron chi connectivity index (χ3n) is 4.68. The van der Waals surface area contributed by atoms with Gasteiger partial charge in [0, 0.05) is 6.54 Å². The van der Waals surface area contributed by atoms with Gasteiger partial charge in [-0.1, -0.05) is 6.08 Å². The average Bonchev–Trinajstić information content (AvgIpc) is 3.09. The van der Waals surface area contributed by atoms with Crippen molar-refractivity contribution in [2.75, 3.05) is 19.8 Å². The fourth-order valence-corrected chi connectivity index (χ4v) is 3.96. The summed E-state index contributed by atoms with van der Waals surface area (Å²) in [6, 6.07) is 0. The minimum atomic E-state index is -0.792. The Hall–Kier alpha value is -1.40. The van der Waals surface area contributed by atoms with E-state index in [1.807, 2.05) is 12.2 Å². The molecule has 108 valence electrons. The van der Waals surface area contributed by atoms with Crippen molar-refractivity contribution < 1.29 is 23.8 Å². The van der Waals surface area contributed by atoms with Gasteiger partial charge >= 0.3 is 5.97 Å². The number of rotatable bonds is 2. The zero-order valence-corrected chi connectivity index (χ0v) is 11.3. The lowest BCUT2D eigenvalue weighted by Crippen LogP contribution is -2.49. The number of carbonyl (C=O) groups excluding carboxylic acids is 2. The molecule has 4 heterocycles. The van der Waals surface area contributed by atoms with Crippen LogP contribution < -0.4 is 0 Å². The molecule has 3 saturated heterocycles. The minimum absolute atomic E-state index is 0.0420. The molecule has 20 heavy (non-hydrogen) atoms. The van der Waals surface area contributed by atoms with Crippen LogP contribution in [0.3, 0.4) is 0 Å². The van der Waals surface area contributed by atoms with Gasteiger partial charge in [0.05, 0.1) is 25.2 Å². The molecule has 0 aromatic rings. The zero-order valence-electron chi connectivity index (χ0n) is 11.3. The number of amides is 1. The maximum absolute atomic E-state index is 12.6. The van der Waals surface area contributed by atoms with Crippen LogP contribution in [0.25, 0.3) is 0 Å². The minimum Gasteiger partial charge on any atom is -0.466 e. The maximum atomic E-state index is 12.6. The predicted octanol–water partition coefficient (Wildman–Crippen LogP) is 0.0779. The van der Waals surface area contributed by atoms with Crippen LogP contribution >= 0.6 is 0 Å². The molecule has 0 aliphatic carbocycles. The molecule has 3 fully saturated rings. The third-order valence-corrected chi connectivity index (χ3v) is 4.68. The summed E-state index contributed by atoms with van der Waals surface area (Å²) in [7, 11) is 0. The number of carbonyl (C=O) groups is 2. The Labute approximate surface area is 116 Å². The molecular weight excluding hydrogens is 262 g/mol. The number of nitrogens with zero attached hydrogens (tertiary/aromatic N) is 1. The largest absolute Gasteiger partial charge is 0.466 e. The van der Waals surface area contributed by atoms with Crippen LogP contribution in [0.15, 0.2) is 12.2 Å². The summed E-state index contributed by atoms with van der Waals surface area (Å²) in [4.78, 5) is 26.5. The summed E-state index contributed by atoms with van der Waals surface area (Å²) < 4.78 is 16.9. The first kappa shape index (κ1) is 12.3. The second kappa shape index (κ2) is 4.05. The predicted molar refractivity (Wildman–Crippen MR) is 66.4 cm³/mol. The van der Waals surface area contributed by atoms with Crippen LogP contribution in [0.5, 0.6) is 0 Å². The number of ether oxygens (including phenoxy) is 3. The molecule has 0 radical (unpaired) electrons. The van der Waals surface area contributed by atoms with E-state index in [4.69, 9.17) is 14.2 Å². The molecule has 4 rings (SSSR count). The van der Waals surface area contributed by atoms with Gasteiger partial charge in [0.2, 0.25) is 5.91 Å². The lowest BCUT2D eigenvalue weighted by atomic mass is 9.76. The second-order valence-corrected chi connectivity index (χ2v) is 5.66. The van der Waals surface area contributed by atoms with Gasteiger partial charge < -0.3 is 19.1 Å². The Balaban J connectivity index is 1.73. The van der Waals surface area contributed by atoms with Crippen molar-refractivity contribution >= 4 is 11.9 Å². The van der Waals surface area contributed by atoms with Gasteiger partial charge in [0.25, 0.3) is 0 Å². The Bertz CT molecular complexity index is 504. The highest BCUT2D eigenvalue weighted by molar-refractivity contribution is 5.91. The van der Waals surface area contributed by atoms with Crippen molar-refractivity contribution in [1.82, 2.24) is 4.90 Å². The third kappa shape index (κ3) is 1.31. The van der Waals surface area contributed by atoms with Crippen LogP contribution in [-0.4, -0.2) is 54.5 Å². The normalized spacial score (nSPS) is 44.6. The van der Waals surface area contributed by atoms with E-state index in [0.29, 0.717) is 19.8 Å². The Morgan fingerprint density at radius 3 is 3.25 bits per heavy atom. The molecule has 4 aliphatic rings. The van der Waals surface area contributed by atoms with Crippen molar-refractivity contribution in [3.63, 3.8) is 0 Å². The number of fused-ring (bicyclic) bond motifs is 2. The van der Waals surface area contributed by atoms with Crippen LogP contribution in [0.1, 0.15) is 13.3 Å². The van der Waals surface area contributed by atoms with Crippen LogP contribution in [0.2, 0.25) is 0 Å². The topological polar surface area (TPSA) is 65.1 Å². The summed E-state index contributed by atoms with van der Waals surface area (Å²) in [6.45, 7) is 3.36. The van der Waals surface area contributed by atoms with Gasteiger partial charge in [0.1, 0.15) is 11.5 Å². The van der Waals surface area contributed by atoms with Gasteiger partial charge in [-0.05, 0) is 19.4 Å². The van der Waals surface area contributed by atoms with E-state index in [1.54, 1.807) is 11.8 Å². The summed E-state index contributed by atoms with van der Waals surface area (Å²) in [6.07, 6.45) is 3.84. The van der Waals surface area contributed by atoms with Crippen LogP contribution in [0, 0.1) is 11.8 Å². The highest BCUT2D eigenvalue weighted by Crippen LogP contribution is 2.55. The van der Waals surface area contributed by atoms with E-state index < -0.39 is 23.7 Å². The monoisotopic (exact) mass is 279 g/mol. The molecule has 0 N–H and O–H groups in total. The maximum Gasteiger partial charge on any atom is 0.312 e. The molecule has 1 spiro atoms. The summed E-state index contributed by atoms with van der Waals surface area (Å²) in [5.41, 5.74) is -0.792. The lowest BCUT2D eigenvalue weighted by molar-refractivity contribution is -0.168. The molecule has 4 aliphatic heterocycles. The molecule has 6 nitrogen and oxygen atoms in total. The molecular formula is C14H17NO5. The van der Waals surface area contributed by atoms with Gasteiger partial charge in [-0.3, -0.25) is 9.59 Å². The smallest absolute Gasteiger partial charge is 0.312 e. The number of esters is 1. The van der Waals surface area contributed by atoms with Gasteiger partial charge in [-0.15, -0.1) is 0 Å². The Morgan fingerprint density at radius 2 is 2.45 bits per heavy atom. The molecule has 0 aromatic carbocycles. The first-order valence-corrected chi connectivity index (χ1v) is 7.15. The van der Waals surface area contributed by atoms with E-state index in [1.165, 1.54) is 0 Å². The van der Waals surface area contributed by atoms with Crippen LogP contribution in [0.4, 0.5) is 0 Å². The number of hydrogen-bond acceptors (Lipinski definition) is 5. The van der Waals surface area contributed by atoms with Gasteiger partial charge in [-0.2, -0.15) is 0 Å². The first-order valence-electron chi connectivity index (χ1n) is 7.15. The van der Waals surface area contributed by atoms with Gasteiger partial charge in [0.15, 0.2) is 6.23 Å². The number of hydrogen-bond donors (Lipinski definition) is 0. The van der Waals surface area contributed by atoms with Crippen molar-refractivity contribution in [2.24, 2.45) is 11.8 Å². The summed E-state index contributed by atoms with van der Waals surface area (Å²) in [5, 5.41) is 0. The first-order chi connectivity index (χ1) is 9.69. The van der Waals surface area contributed by atoms with Crippen molar-refractivity contribution in [3.05, 3.63) is 12.2 Å². The Morgan fingerprint density at radius 1 is 1.60 bits per heavy atom. The fraction of sp³-hybridized carbons (Fsp3) is 0.714. The summed E-state index contributed by atoms with van der Waals surface area (Å²) in [5.74, 6) is -1.43. The molecule has 5 atom stereocenters. The van der Waals surface area contributed by atoms with Crippen LogP contribution in [-0.2, 0) is 23.8 Å². The molecule has 6 heteroatoms. The highest BCUT2D eigenvalue weighted by atomic mass is 16.6. The fourth-order valence-electron chi connectivity index (χ4n) is 3.96. The van der Waals surface area contributed by atoms with E-state index in [2.05, 4.69) is 0 Å². The molecule has 1 amide bonds. The van der Waals surface area contributed by atoms with E-state index in [0.717, 1.165) is 6.42 Å². The highest BCUT2D eigenvalue weighted by Gasteiger charge is 2.72. The molecule has 0 unspecified atom stereocenters. The van der Waals surface area contributed by atoms with E-state index >= 15 is 0 Å². The van der Waals surface area contributed by atoms with Crippen molar-refractivity contribution in [3.8, 4) is 0 Å². The van der Waals surface area contributed by atoms with E-state index in [9.17, 15) is 9.59 Å².